The standard InChI is InChI=1S/C9H9BrFIO/c1-5(2)13-8-4-6(10)3-7(11)9(8)12/h3-5H,1-2H3. The summed E-state index contributed by atoms with van der Waals surface area (Å²) in [6.45, 7) is 3.82. The van der Waals surface area contributed by atoms with Crippen LogP contribution in [0.15, 0.2) is 16.6 Å². The van der Waals surface area contributed by atoms with Gasteiger partial charge in [0.1, 0.15) is 11.6 Å². The molecule has 0 aliphatic carbocycles. The van der Waals surface area contributed by atoms with E-state index in [1.165, 1.54) is 6.07 Å². The van der Waals surface area contributed by atoms with E-state index in [-0.39, 0.29) is 11.9 Å². The highest BCUT2D eigenvalue weighted by Gasteiger charge is 2.09. The number of hydrogen-bond donors (Lipinski definition) is 0. The number of hydrogen-bond acceptors (Lipinski definition) is 1. The smallest absolute Gasteiger partial charge is 0.141 e. The average Bonchev–Trinajstić information content (AvgIpc) is 1.98. The molecule has 0 atom stereocenters. The number of ether oxygens (including phenoxy) is 1. The van der Waals surface area contributed by atoms with Crippen LogP contribution in [0.4, 0.5) is 4.39 Å². The van der Waals surface area contributed by atoms with Gasteiger partial charge in [-0.1, -0.05) is 15.9 Å². The molecule has 1 aromatic rings. The number of benzene rings is 1. The lowest BCUT2D eigenvalue weighted by molar-refractivity contribution is 0.239. The molecule has 0 radical (unpaired) electrons. The summed E-state index contributed by atoms with van der Waals surface area (Å²) in [6.07, 6.45) is 0.0576. The molecule has 0 spiro atoms. The van der Waals surface area contributed by atoms with Gasteiger partial charge in [0.15, 0.2) is 0 Å². The molecule has 0 fully saturated rings. The minimum atomic E-state index is -0.259. The van der Waals surface area contributed by atoms with Crippen molar-refractivity contribution in [3.63, 3.8) is 0 Å². The molecule has 4 heteroatoms. The predicted octanol–water partition coefficient (Wildman–Crippen LogP) is 3.98. The molecule has 13 heavy (non-hydrogen) atoms. The minimum Gasteiger partial charge on any atom is -0.490 e. The van der Waals surface area contributed by atoms with Gasteiger partial charge >= 0.3 is 0 Å². The molecule has 0 aliphatic heterocycles. The first kappa shape index (κ1) is 11.2. The molecule has 0 N–H and O–H groups in total. The number of rotatable bonds is 2. The summed E-state index contributed by atoms with van der Waals surface area (Å²) in [5.74, 6) is 0.327. The maximum absolute atomic E-state index is 13.2. The third kappa shape index (κ3) is 3.09. The monoisotopic (exact) mass is 358 g/mol. The van der Waals surface area contributed by atoms with Crippen LogP contribution >= 0.6 is 38.5 Å². The molecule has 0 amide bonds. The van der Waals surface area contributed by atoms with Crippen LogP contribution in [0.25, 0.3) is 0 Å². The summed E-state index contributed by atoms with van der Waals surface area (Å²) in [5, 5.41) is 0. The van der Waals surface area contributed by atoms with Crippen LogP contribution in [0.3, 0.4) is 0 Å². The van der Waals surface area contributed by atoms with E-state index in [4.69, 9.17) is 4.74 Å². The van der Waals surface area contributed by atoms with Gasteiger partial charge in [-0.15, -0.1) is 0 Å². The molecular weight excluding hydrogens is 350 g/mol. The van der Waals surface area contributed by atoms with Crippen molar-refractivity contribution in [2.75, 3.05) is 0 Å². The summed E-state index contributed by atoms with van der Waals surface area (Å²) in [5.41, 5.74) is 0. The zero-order chi connectivity index (χ0) is 10.0. The largest absolute Gasteiger partial charge is 0.490 e. The van der Waals surface area contributed by atoms with E-state index in [1.54, 1.807) is 6.07 Å². The van der Waals surface area contributed by atoms with Crippen LogP contribution in [-0.4, -0.2) is 6.10 Å². The Labute approximate surface area is 98.9 Å². The normalized spacial score (nSPS) is 10.6. The maximum atomic E-state index is 13.2. The Hall–Kier alpha value is 0.160. The van der Waals surface area contributed by atoms with Crippen LogP contribution in [0.1, 0.15) is 13.8 Å². The first-order valence-electron chi connectivity index (χ1n) is 3.82. The van der Waals surface area contributed by atoms with Crippen LogP contribution in [0, 0.1) is 9.39 Å². The van der Waals surface area contributed by atoms with Crippen molar-refractivity contribution >= 4 is 38.5 Å². The summed E-state index contributed by atoms with van der Waals surface area (Å²) < 4.78 is 19.8. The molecule has 72 valence electrons. The van der Waals surface area contributed by atoms with E-state index >= 15 is 0 Å². The van der Waals surface area contributed by atoms with Gasteiger partial charge in [-0.2, -0.15) is 0 Å². The molecular formula is C9H9BrFIO. The van der Waals surface area contributed by atoms with Crippen LogP contribution in [-0.2, 0) is 0 Å². The van der Waals surface area contributed by atoms with Crippen LogP contribution in [0.5, 0.6) is 5.75 Å². The predicted molar refractivity (Wildman–Crippen MR) is 62.6 cm³/mol. The van der Waals surface area contributed by atoms with E-state index in [1.807, 2.05) is 36.4 Å². The van der Waals surface area contributed by atoms with Gasteiger partial charge in [-0.3, -0.25) is 0 Å². The highest BCUT2D eigenvalue weighted by atomic mass is 127. The van der Waals surface area contributed by atoms with Crippen molar-refractivity contribution in [3.05, 3.63) is 26.0 Å². The SMILES string of the molecule is CC(C)Oc1cc(Br)cc(F)c1I. The molecule has 1 nitrogen and oxygen atoms in total. The average molecular weight is 359 g/mol. The van der Waals surface area contributed by atoms with Crippen molar-refractivity contribution in [3.8, 4) is 5.75 Å². The summed E-state index contributed by atoms with van der Waals surface area (Å²) in [7, 11) is 0. The van der Waals surface area contributed by atoms with Gasteiger partial charge in [0.05, 0.1) is 9.67 Å². The van der Waals surface area contributed by atoms with Crippen LogP contribution in [0.2, 0.25) is 0 Å². The van der Waals surface area contributed by atoms with Crippen molar-refractivity contribution in [2.24, 2.45) is 0 Å². The fraction of sp³-hybridized carbons (Fsp3) is 0.333. The third-order valence-electron chi connectivity index (χ3n) is 1.32. The summed E-state index contributed by atoms with van der Waals surface area (Å²) >= 11 is 5.15. The molecule has 0 bridgehead atoms. The molecule has 0 unspecified atom stereocenters. The molecule has 0 aliphatic rings. The molecule has 1 aromatic carbocycles. The van der Waals surface area contributed by atoms with Crippen molar-refractivity contribution in [1.29, 1.82) is 0 Å². The van der Waals surface area contributed by atoms with E-state index in [9.17, 15) is 4.39 Å². The topological polar surface area (TPSA) is 9.23 Å². The van der Waals surface area contributed by atoms with Gasteiger partial charge < -0.3 is 4.74 Å². The highest BCUT2D eigenvalue weighted by molar-refractivity contribution is 14.1. The first-order chi connectivity index (χ1) is 6.00. The second-order valence-corrected chi connectivity index (χ2v) is 4.86. The fourth-order valence-electron chi connectivity index (χ4n) is 0.872. The Kier molecular flexibility index (Phi) is 3.97. The quantitative estimate of drug-likeness (QED) is 0.574. The fourth-order valence-corrected chi connectivity index (χ4v) is 1.72. The lowest BCUT2D eigenvalue weighted by Gasteiger charge is -2.12. The highest BCUT2D eigenvalue weighted by Crippen LogP contribution is 2.28. The Morgan fingerprint density at radius 1 is 1.46 bits per heavy atom. The third-order valence-corrected chi connectivity index (χ3v) is 2.83. The zero-order valence-electron chi connectivity index (χ0n) is 7.27. The van der Waals surface area contributed by atoms with E-state index in [0.29, 0.717) is 13.8 Å². The van der Waals surface area contributed by atoms with Crippen molar-refractivity contribution in [2.45, 2.75) is 20.0 Å². The maximum Gasteiger partial charge on any atom is 0.141 e. The lowest BCUT2D eigenvalue weighted by Crippen LogP contribution is -2.07. The zero-order valence-corrected chi connectivity index (χ0v) is 11.0. The Bertz CT molecular complexity index is 315. The van der Waals surface area contributed by atoms with Crippen LogP contribution < -0.4 is 4.74 Å². The van der Waals surface area contributed by atoms with Gasteiger partial charge in [0.25, 0.3) is 0 Å². The van der Waals surface area contributed by atoms with E-state index in [2.05, 4.69) is 15.9 Å². The molecule has 0 aromatic heterocycles. The van der Waals surface area contributed by atoms with Crippen molar-refractivity contribution in [1.82, 2.24) is 0 Å². The second-order valence-electron chi connectivity index (χ2n) is 2.87. The van der Waals surface area contributed by atoms with Gasteiger partial charge in [0, 0.05) is 4.47 Å². The molecule has 0 saturated carbocycles. The number of halogens is 3. The van der Waals surface area contributed by atoms with Crippen molar-refractivity contribution < 1.29 is 9.13 Å². The molecule has 0 heterocycles. The minimum absolute atomic E-state index is 0.0576. The van der Waals surface area contributed by atoms with Gasteiger partial charge in [-0.25, -0.2) is 4.39 Å². The Morgan fingerprint density at radius 3 is 2.62 bits per heavy atom. The Morgan fingerprint density at radius 2 is 2.08 bits per heavy atom. The van der Waals surface area contributed by atoms with Gasteiger partial charge in [-0.05, 0) is 48.6 Å². The van der Waals surface area contributed by atoms with E-state index in [0.717, 1.165) is 0 Å². The first-order valence-corrected chi connectivity index (χ1v) is 5.69. The molecule has 0 saturated heterocycles. The lowest BCUT2D eigenvalue weighted by atomic mass is 10.3. The molecule has 1 rings (SSSR count). The Balaban J connectivity index is 3.05. The summed E-state index contributed by atoms with van der Waals surface area (Å²) in [6, 6.07) is 3.19. The van der Waals surface area contributed by atoms with Gasteiger partial charge in [0.2, 0.25) is 0 Å². The van der Waals surface area contributed by atoms with E-state index < -0.39 is 0 Å². The summed E-state index contributed by atoms with van der Waals surface area (Å²) in [4.78, 5) is 0. The second kappa shape index (κ2) is 4.59.